The lowest BCUT2D eigenvalue weighted by Crippen LogP contribution is -2.40. The van der Waals surface area contributed by atoms with Crippen molar-refractivity contribution in [2.75, 3.05) is 11.5 Å². The molecule has 1 aliphatic rings. The van der Waals surface area contributed by atoms with E-state index in [1.54, 1.807) is 11.1 Å². The van der Waals surface area contributed by atoms with E-state index in [9.17, 15) is 13.2 Å². The van der Waals surface area contributed by atoms with Gasteiger partial charge in [-0.3, -0.25) is 9.48 Å². The Morgan fingerprint density at radius 2 is 2.04 bits per heavy atom. The molecule has 3 rings (SSSR count). The minimum atomic E-state index is -3.08. The quantitative estimate of drug-likeness (QED) is 0.777. The highest BCUT2D eigenvalue weighted by Gasteiger charge is 2.35. The van der Waals surface area contributed by atoms with Gasteiger partial charge in [0.25, 0.3) is 5.91 Å². The first-order valence-electron chi connectivity index (χ1n) is 8.99. The van der Waals surface area contributed by atoms with Crippen LogP contribution in [0.5, 0.6) is 0 Å². The number of hydrogen-bond donors (Lipinski definition) is 0. The van der Waals surface area contributed by atoms with E-state index >= 15 is 0 Å². The summed E-state index contributed by atoms with van der Waals surface area (Å²) < 4.78 is 25.8. The van der Waals surface area contributed by atoms with E-state index in [2.05, 4.69) is 12.0 Å². The number of amides is 1. The number of aromatic nitrogens is 2. The first-order valence-corrected chi connectivity index (χ1v) is 10.8. The summed E-state index contributed by atoms with van der Waals surface area (Å²) in [4.78, 5) is 15.0. The van der Waals surface area contributed by atoms with Crippen molar-refractivity contribution in [3.8, 4) is 0 Å². The summed E-state index contributed by atoms with van der Waals surface area (Å²) in [6.45, 7) is 5.11. The maximum absolute atomic E-state index is 13.3. The summed E-state index contributed by atoms with van der Waals surface area (Å²) in [5, 5.41) is 4.32. The van der Waals surface area contributed by atoms with Crippen molar-refractivity contribution >= 4 is 15.7 Å². The molecule has 0 saturated carbocycles. The molecule has 1 aliphatic heterocycles. The van der Waals surface area contributed by atoms with E-state index in [4.69, 9.17) is 0 Å². The number of hydrogen-bond acceptors (Lipinski definition) is 4. The summed E-state index contributed by atoms with van der Waals surface area (Å²) in [7, 11) is -3.08. The predicted molar refractivity (Wildman–Crippen MR) is 101 cm³/mol. The van der Waals surface area contributed by atoms with Crippen LogP contribution in [0.1, 0.15) is 41.4 Å². The molecular formula is C19H25N3O3S. The fraction of sp³-hybridized carbons (Fsp3) is 0.474. The minimum Gasteiger partial charge on any atom is -0.330 e. The molecular weight excluding hydrogens is 350 g/mol. The lowest BCUT2D eigenvalue weighted by Gasteiger charge is -2.28. The van der Waals surface area contributed by atoms with Crippen LogP contribution < -0.4 is 0 Å². The Bertz CT molecular complexity index is 875. The molecule has 7 heteroatoms. The Labute approximate surface area is 154 Å². The van der Waals surface area contributed by atoms with Gasteiger partial charge in [0.05, 0.1) is 23.3 Å². The second-order valence-electron chi connectivity index (χ2n) is 6.84. The number of aryl methyl sites for hydroxylation is 1. The maximum atomic E-state index is 13.3. The van der Waals surface area contributed by atoms with Gasteiger partial charge in [0.2, 0.25) is 0 Å². The zero-order chi connectivity index (χ0) is 18.7. The van der Waals surface area contributed by atoms with E-state index in [1.165, 1.54) is 0 Å². The molecule has 140 valence electrons. The van der Waals surface area contributed by atoms with Crippen molar-refractivity contribution in [1.29, 1.82) is 0 Å². The molecule has 0 radical (unpaired) electrons. The highest BCUT2D eigenvalue weighted by Crippen LogP contribution is 2.23. The summed E-state index contributed by atoms with van der Waals surface area (Å²) in [5.74, 6) is 0.0358. The molecule has 6 nitrogen and oxygen atoms in total. The first kappa shape index (κ1) is 18.6. The van der Waals surface area contributed by atoms with E-state index in [1.807, 2.05) is 41.9 Å². The standard InChI is InChI=1S/C19H25N3O3S/c1-3-10-22-15(2)18(12-20-22)19(23)21(13-16-7-5-4-6-8-16)17-9-11-26(24,25)14-17/h4-8,12,17H,3,9-11,13-14H2,1-2H3/t17-/m0/s1. The van der Waals surface area contributed by atoms with Gasteiger partial charge < -0.3 is 4.90 Å². The zero-order valence-electron chi connectivity index (χ0n) is 15.3. The molecule has 2 aromatic rings. The number of rotatable bonds is 6. The van der Waals surface area contributed by atoms with Crippen molar-refractivity contribution in [2.24, 2.45) is 0 Å². The smallest absolute Gasteiger partial charge is 0.257 e. The van der Waals surface area contributed by atoms with Gasteiger partial charge in [-0.05, 0) is 25.3 Å². The van der Waals surface area contributed by atoms with E-state index in [0.717, 1.165) is 24.2 Å². The van der Waals surface area contributed by atoms with Crippen LogP contribution in [0, 0.1) is 6.92 Å². The van der Waals surface area contributed by atoms with Gasteiger partial charge in [-0.1, -0.05) is 37.3 Å². The summed E-state index contributed by atoms with van der Waals surface area (Å²) in [6.07, 6.45) is 3.03. The van der Waals surface area contributed by atoms with Gasteiger partial charge in [0, 0.05) is 24.8 Å². The number of carbonyl (C=O) groups excluding carboxylic acids is 1. The molecule has 1 atom stereocenters. The lowest BCUT2D eigenvalue weighted by molar-refractivity contribution is 0.0680. The fourth-order valence-corrected chi connectivity index (χ4v) is 5.15. The Kier molecular flexibility index (Phi) is 5.46. The van der Waals surface area contributed by atoms with Crippen molar-refractivity contribution in [1.82, 2.24) is 14.7 Å². The number of sulfone groups is 1. The molecule has 1 amide bonds. The summed E-state index contributed by atoms with van der Waals surface area (Å²) in [5.41, 5.74) is 2.37. The Morgan fingerprint density at radius 1 is 1.31 bits per heavy atom. The van der Waals surface area contributed by atoms with Crippen molar-refractivity contribution in [3.63, 3.8) is 0 Å². The van der Waals surface area contributed by atoms with Crippen LogP contribution in [-0.4, -0.2) is 46.6 Å². The predicted octanol–water partition coefficient (Wildman–Crippen LogP) is 2.43. The molecule has 26 heavy (non-hydrogen) atoms. The Balaban J connectivity index is 1.91. The average Bonchev–Trinajstić information content (AvgIpc) is 3.16. The normalized spacial score (nSPS) is 18.8. The second-order valence-corrected chi connectivity index (χ2v) is 9.07. The molecule has 0 N–H and O–H groups in total. The van der Waals surface area contributed by atoms with Crippen molar-refractivity contribution < 1.29 is 13.2 Å². The van der Waals surface area contributed by atoms with Crippen molar-refractivity contribution in [3.05, 3.63) is 53.3 Å². The van der Waals surface area contributed by atoms with E-state index < -0.39 is 9.84 Å². The molecule has 0 unspecified atom stereocenters. The highest BCUT2D eigenvalue weighted by molar-refractivity contribution is 7.91. The summed E-state index contributed by atoms with van der Waals surface area (Å²) >= 11 is 0. The topological polar surface area (TPSA) is 72.3 Å². The van der Waals surface area contributed by atoms with Gasteiger partial charge in [0.1, 0.15) is 0 Å². The number of carbonyl (C=O) groups is 1. The van der Waals surface area contributed by atoms with Gasteiger partial charge in [-0.2, -0.15) is 5.10 Å². The third kappa shape index (κ3) is 3.98. The molecule has 0 aliphatic carbocycles. The Hall–Kier alpha value is -2.15. The van der Waals surface area contributed by atoms with Crippen LogP contribution >= 0.6 is 0 Å². The van der Waals surface area contributed by atoms with Gasteiger partial charge in [-0.15, -0.1) is 0 Å². The van der Waals surface area contributed by atoms with E-state index in [0.29, 0.717) is 18.5 Å². The zero-order valence-corrected chi connectivity index (χ0v) is 16.1. The van der Waals surface area contributed by atoms with Gasteiger partial charge in [0.15, 0.2) is 9.84 Å². The van der Waals surface area contributed by atoms with Crippen LogP contribution in [-0.2, 0) is 22.9 Å². The van der Waals surface area contributed by atoms with Gasteiger partial charge >= 0.3 is 0 Å². The van der Waals surface area contributed by atoms with Crippen LogP contribution in [0.3, 0.4) is 0 Å². The fourth-order valence-electron chi connectivity index (χ4n) is 3.42. The minimum absolute atomic E-state index is 0.0354. The SMILES string of the molecule is CCCn1ncc(C(=O)N(Cc2ccccc2)[C@H]2CCS(=O)(=O)C2)c1C. The molecule has 2 heterocycles. The third-order valence-electron chi connectivity index (χ3n) is 4.87. The largest absolute Gasteiger partial charge is 0.330 e. The molecule has 1 aromatic carbocycles. The Morgan fingerprint density at radius 3 is 2.65 bits per heavy atom. The molecule has 0 bridgehead atoms. The van der Waals surface area contributed by atoms with Gasteiger partial charge in [-0.25, -0.2) is 8.42 Å². The van der Waals surface area contributed by atoms with Crippen molar-refractivity contribution in [2.45, 2.75) is 45.8 Å². The maximum Gasteiger partial charge on any atom is 0.257 e. The van der Waals surface area contributed by atoms with Crippen LogP contribution in [0.4, 0.5) is 0 Å². The first-order chi connectivity index (χ1) is 12.4. The average molecular weight is 375 g/mol. The molecule has 0 spiro atoms. The van der Waals surface area contributed by atoms with Crippen LogP contribution in [0.15, 0.2) is 36.5 Å². The lowest BCUT2D eigenvalue weighted by atomic mass is 10.1. The number of benzene rings is 1. The monoisotopic (exact) mass is 375 g/mol. The molecule has 1 saturated heterocycles. The number of nitrogens with zero attached hydrogens (tertiary/aromatic N) is 3. The van der Waals surface area contributed by atoms with E-state index in [-0.39, 0.29) is 23.5 Å². The van der Waals surface area contributed by atoms with Crippen LogP contribution in [0.2, 0.25) is 0 Å². The van der Waals surface area contributed by atoms with Crippen LogP contribution in [0.25, 0.3) is 0 Å². The third-order valence-corrected chi connectivity index (χ3v) is 6.63. The highest BCUT2D eigenvalue weighted by atomic mass is 32.2. The summed E-state index contributed by atoms with van der Waals surface area (Å²) in [6, 6.07) is 9.39. The second kappa shape index (κ2) is 7.61. The molecule has 1 aromatic heterocycles. The molecule has 1 fully saturated rings.